The number of aryl methyl sites for hydroxylation is 1. The fourth-order valence-electron chi connectivity index (χ4n) is 2.44. The molecule has 1 N–H and O–H groups in total. The minimum atomic E-state index is -0.484. The van der Waals surface area contributed by atoms with Gasteiger partial charge in [-0.3, -0.25) is 4.79 Å². The SMILES string of the molecule is Cc1cccc(-c2nc(C(C)C)no2)c1NC(=O)c1cc(F)ccc1Br. The molecule has 1 aromatic heterocycles. The number of carbonyl (C=O) groups is 1. The molecule has 1 amide bonds. The van der Waals surface area contributed by atoms with Crippen molar-refractivity contribution in [2.75, 3.05) is 5.32 Å². The van der Waals surface area contributed by atoms with E-state index in [1.54, 1.807) is 6.07 Å². The Morgan fingerprint density at radius 1 is 1.27 bits per heavy atom. The quantitative estimate of drug-likeness (QED) is 0.623. The zero-order valence-corrected chi connectivity index (χ0v) is 16.1. The van der Waals surface area contributed by atoms with Gasteiger partial charge in [0.2, 0.25) is 0 Å². The largest absolute Gasteiger partial charge is 0.334 e. The Labute approximate surface area is 158 Å². The molecule has 0 radical (unpaired) electrons. The summed E-state index contributed by atoms with van der Waals surface area (Å²) in [5.41, 5.74) is 2.19. The van der Waals surface area contributed by atoms with E-state index in [4.69, 9.17) is 4.52 Å². The average Bonchev–Trinajstić information content (AvgIpc) is 3.09. The first kappa shape index (κ1) is 18.3. The van der Waals surface area contributed by atoms with Gasteiger partial charge >= 0.3 is 0 Å². The summed E-state index contributed by atoms with van der Waals surface area (Å²) < 4.78 is 19.4. The lowest BCUT2D eigenvalue weighted by atomic mass is 10.1. The maximum Gasteiger partial charge on any atom is 0.260 e. The first-order valence-corrected chi connectivity index (χ1v) is 8.86. The standard InChI is InChI=1S/C19H17BrFN3O2/c1-10(2)17-23-19(26-24-17)13-6-4-5-11(3)16(13)22-18(25)14-9-12(21)7-8-15(14)20/h4-10H,1-3H3,(H,22,25). The van der Waals surface area contributed by atoms with Gasteiger partial charge in [0.25, 0.3) is 11.8 Å². The van der Waals surface area contributed by atoms with E-state index in [0.29, 0.717) is 27.4 Å². The maximum absolute atomic E-state index is 13.5. The number of carbonyl (C=O) groups excluding carboxylic acids is 1. The van der Waals surface area contributed by atoms with Crippen LogP contribution in [0.25, 0.3) is 11.5 Å². The van der Waals surface area contributed by atoms with E-state index in [9.17, 15) is 9.18 Å². The number of benzene rings is 2. The lowest BCUT2D eigenvalue weighted by Gasteiger charge is -2.12. The monoisotopic (exact) mass is 417 g/mol. The van der Waals surface area contributed by atoms with Gasteiger partial charge in [-0.25, -0.2) is 4.39 Å². The van der Waals surface area contributed by atoms with Gasteiger partial charge in [-0.15, -0.1) is 0 Å². The number of amides is 1. The van der Waals surface area contributed by atoms with Crippen LogP contribution >= 0.6 is 15.9 Å². The van der Waals surface area contributed by atoms with Crippen LogP contribution in [0, 0.1) is 12.7 Å². The fourth-order valence-corrected chi connectivity index (χ4v) is 2.87. The molecule has 134 valence electrons. The minimum absolute atomic E-state index is 0.124. The van der Waals surface area contributed by atoms with Crippen molar-refractivity contribution >= 4 is 27.5 Å². The fraction of sp³-hybridized carbons (Fsp3) is 0.211. The number of aromatic nitrogens is 2. The molecule has 0 fully saturated rings. The van der Waals surface area contributed by atoms with Gasteiger partial charge in [-0.05, 0) is 52.7 Å². The molecule has 0 aliphatic carbocycles. The van der Waals surface area contributed by atoms with E-state index in [2.05, 4.69) is 31.4 Å². The van der Waals surface area contributed by atoms with E-state index in [-0.39, 0.29) is 11.5 Å². The number of halogens is 2. The van der Waals surface area contributed by atoms with Crippen LogP contribution in [0.15, 0.2) is 45.4 Å². The molecule has 0 unspecified atom stereocenters. The van der Waals surface area contributed by atoms with Crippen molar-refractivity contribution in [2.24, 2.45) is 0 Å². The first-order valence-electron chi connectivity index (χ1n) is 8.07. The summed E-state index contributed by atoms with van der Waals surface area (Å²) >= 11 is 3.28. The Morgan fingerprint density at radius 2 is 2.04 bits per heavy atom. The van der Waals surface area contributed by atoms with Crippen molar-refractivity contribution in [3.05, 3.63) is 63.6 Å². The van der Waals surface area contributed by atoms with Crippen LogP contribution in [0.3, 0.4) is 0 Å². The summed E-state index contributed by atoms with van der Waals surface area (Å²) in [6.45, 7) is 5.80. The van der Waals surface area contributed by atoms with Crippen molar-refractivity contribution < 1.29 is 13.7 Å². The van der Waals surface area contributed by atoms with Crippen LogP contribution in [0.1, 0.15) is 41.5 Å². The van der Waals surface area contributed by atoms with E-state index < -0.39 is 11.7 Å². The smallest absolute Gasteiger partial charge is 0.260 e. The van der Waals surface area contributed by atoms with Crippen molar-refractivity contribution in [3.8, 4) is 11.5 Å². The summed E-state index contributed by atoms with van der Waals surface area (Å²) in [6.07, 6.45) is 0. The molecule has 5 nitrogen and oxygen atoms in total. The highest BCUT2D eigenvalue weighted by atomic mass is 79.9. The third-order valence-corrected chi connectivity index (χ3v) is 4.56. The van der Waals surface area contributed by atoms with Crippen molar-refractivity contribution in [1.82, 2.24) is 10.1 Å². The average molecular weight is 418 g/mol. The molecule has 3 aromatic rings. The van der Waals surface area contributed by atoms with E-state index >= 15 is 0 Å². The highest BCUT2D eigenvalue weighted by Crippen LogP contribution is 2.31. The molecule has 0 spiro atoms. The van der Waals surface area contributed by atoms with Gasteiger partial charge in [0.15, 0.2) is 5.82 Å². The Bertz CT molecular complexity index is 969. The molecular weight excluding hydrogens is 401 g/mol. The molecular formula is C19H17BrFN3O2. The van der Waals surface area contributed by atoms with Gasteiger partial charge < -0.3 is 9.84 Å². The van der Waals surface area contributed by atoms with E-state index in [1.807, 2.05) is 32.9 Å². The van der Waals surface area contributed by atoms with Crippen molar-refractivity contribution in [3.63, 3.8) is 0 Å². The van der Waals surface area contributed by atoms with Crippen LogP contribution in [-0.4, -0.2) is 16.0 Å². The van der Waals surface area contributed by atoms with Gasteiger partial charge in [-0.1, -0.05) is 31.1 Å². The third kappa shape index (κ3) is 3.67. The normalized spacial score (nSPS) is 11.0. The molecule has 3 rings (SSSR count). The summed E-state index contributed by atoms with van der Waals surface area (Å²) in [4.78, 5) is 17.1. The predicted molar refractivity (Wildman–Crippen MR) is 101 cm³/mol. The molecule has 0 saturated carbocycles. The molecule has 26 heavy (non-hydrogen) atoms. The zero-order chi connectivity index (χ0) is 18.8. The lowest BCUT2D eigenvalue weighted by molar-refractivity contribution is 0.102. The predicted octanol–water partition coefficient (Wildman–Crippen LogP) is 5.32. The van der Waals surface area contributed by atoms with Gasteiger partial charge in [0, 0.05) is 10.4 Å². The first-order chi connectivity index (χ1) is 12.4. The third-order valence-electron chi connectivity index (χ3n) is 3.87. The molecule has 7 heteroatoms. The number of para-hydroxylation sites is 1. The summed E-state index contributed by atoms with van der Waals surface area (Å²) in [5.74, 6) is 0.119. The van der Waals surface area contributed by atoms with Crippen LogP contribution in [0.5, 0.6) is 0 Å². The summed E-state index contributed by atoms with van der Waals surface area (Å²) in [6, 6.07) is 9.46. The van der Waals surface area contributed by atoms with Crippen LogP contribution in [0.4, 0.5) is 10.1 Å². The Kier molecular flexibility index (Phi) is 5.18. The molecule has 0 aliphatic rings. The molecule has 0 atom stereocenters. The Balaban J connectivity index is 1.99. The van der Waals surface area contributed by atoms with Crippen molar-refractivity contribution in [2.45, 2.75) is 26.7 Å². The lowest BCUT2D eigenvalue weighted by Crippen LogP contribution is -2.14. The van der Waals surface area contributed by atoms with E-state index in [1.165, 1.54) is 18.2 Å². The van der Waals surface area contributed by atoms with Gasteiger partial charge in [0.05, 0.1) is 16.8 Å². The highest BCUT2D eigenvalue weighted by molar-refractivity contribution is 9.10. The van der Waals surface area contributed by atoms with Crippen LogP contribution < -0.4 is 5.32 Å². The number of rotatable bonds is 4. The molecule has 0 aliphatic heterocycles. The summed E-state index contributed by atoms with van der Waals surface area (Å²) in [5, 5.41) is 6.81. The second kappa shape index (κ2) is 7.37. The van der Waals surface area contributed by atoms with Crippen LogP contribution in [0.2, 0.25) is 0 Å². The topological polar surface area (TPSA) is 68.0 Å². The van der Waals surface area contributed by atoms with Crippen LogP contribution in [-0.2, 0) is 0 Å². The second-order valence-corrected chi connectivity index (χ2v) is 7.04. The number of nitrogens with zero attached hydrogens (tertiary/aromatic N) is 2. The maximum atomic E-state index is 13.5. The molecule has 2 aromatic carbocycles. The number of hydrogen-bond acceptors (Lipinski definition) is 4. The zero-order valence-electron chi connectivity index (χ0n) is 14.5. The van der Waals surface area contributed by atoms with E-state index in [0.717, 1.165) is 5.56 Å². The Morgan fingerprint density at radius 3 is 2.73 bits per heavy atom. The number of anilines is 1. The molecule has 0 bridgehead atoms. The molecule has 0 saturated heterocycles. The van der Waals surface area contributed by atoms with Gasteiger partial charge in [0.1, 0.15) is 5.82 Å². The minimum Gasteiger partial charge on any atom is -0.334 e. The summed E-state index contributed by atoms with van der Waals surface area (Å²) in [7, 11) is 0. The van der Waals surface area contributed by atoms with Gasteiger partial charge in [-0.2, -0.15) is 4.98 Å². The number of nitrogens with one attached hydrogen (secondary N) is 1. The Hall–Kier alpha value is -2.54. The highest BCUT2D eigenvalue weighted by Gasteiger charge is 2.19. The number of hydrogen-bond donors (Lipinski definition) is 1. The second-order valence-electron chi connectivity index (χ2n) is 6.19. The molecule has 1 heterocycles. The van der Waals surface area contributed by atoms with Crippen molar-refractivity contribution in [1.29, 1.82) is 0 Å².